The van der Waals surface area contributed by atoms with Gasteiger partial charge in [-0.15, -0.1) is 0 Å². The zero-order chi connectivity index (χ0) is 16.5. The van der Waals surface area contributed by atoms with Crippen LogP contribution in [0, 0.1) is 0 Å². The summed E-state index contributed by atoms with van der Waals surface area (Å²) in [6.07, 6.45) is 0.677. The molecule has 0 saturated heterocycles. The lowest BCUT2D eigenvalue weighted by Gasteiger charge is -2.15. The molecule has 1 rings (SSSR count). The minimum atomic E-state index is -0.750. The van der Waals surface area contributed by atoms with Crippen molar-refractivity contribution in [2.24, 2.45) is 5.73 Å². The highest BCUT2D eigenvalue weighted by Crippen LogP contribution is 2.14. The Labute approximate surface area is 130 Å². The van der Waals surface area contributed by atoms with Crippen molar-refractivity contribution in [1.82, 2.24) is 10.6 Å². The van der Waals surface area contributed by atoms with Gasteiger partial charge < -0.3 is 16.4 Å². The zero-order valence-electron chi connectivity index (χ0n) is 13.0. The molecule has 0 aliphatic rings. The van der Waals surface area contributed by atoms with Crippen LogP contribution in [0.15, 0.2) is 24.3 Å². The second kappa shape index (κ2) is 8.81. The van der Waals surface area contributed by atoms with E-state index in [1.54, 1.807) is 0 Å². The van der Waals surface area contributed by atoms with Gasteiger partial charge in [0.05, 0.1) is 0 Å². The lowest BCUT2D eigenvalue weighted by molar-refractivity contribution is -0.126. The lowest BCUT2D eigenvalue weighted by atomic mass is 10.0. The topological polar surface area (TPSA) is 101 Å². The van der Waals surface area contributed by atoms with Crippen molar-refractivity contribution in [3.05, 3.63) is 35.4 Å². The number of rotatable bonds is 9. The maximum atomic E-state index is 12.0. The summed E-state index contributed by atoms with van der Waals surface area (Å²) < 4.78 is 0. The number of amides is 3. The molecule has 1 aromatic carbocycles. The van der Waals surface area contributed by atoms with Gasteiger partial charge in [0.1, 0.15) is 6.04 Å². The Kier molecular flexibility index (Phi) is 7.08. The van der Waals surface area contributed by atoms with E-state index >= 15 is 0 Å². The number of carbonyl (C=O) groups is 3. The van der Waals surface area contributed by atoms with Crippen molar-refractivity contribution < 1.29 is 14.4 Å². The molecule has 0 saturated carbocycles. The molecule has 0 spiro atoms. The molecule has 0 heterocycles. The molecule has 0 bridgehead atoms. The van der Waals surface area contributed by atoms with Crippen molar-refractivity contribution in [3.63, 3.8) is 0 Å². The van der Waals surface area contributed by atoms with Gasteiger partial charge in [-0.1, -0.05) is 38.1 Å². The minimum absolute atomic E-state index is 0.0437. The highest BCUT2D eigenvalue weighted by atomic mass is 16.2. The Balaban J connectivity index is 2.54. The van der Waals surface area contributed by atoms with E-state index < -0.39 is 11.9 Å². The molecular weight excluding hydrogens is 282 g/mol. The summed E-state index contributed by atoms with van der Waals surface area (Å²) in [4.78, 5) is 33.3. The fourth-order valence-corrected chi connectivity index (χ4v) is 1.99. The van der Waals surface area contributed by atoms with Gasteiger partial charge in [-0.3, -0.25) is 14.4 Å². The van der Waals surface area contributed by atoms with E-state index in [0.717, 1.165) is 5.56 Å². The molecular formula is C16H23N3O3. The van der Waals surface area contributed by atoms with E-state index in [1.165, 1.54) is 5.56 Å². The molecule has 22 heavy (non-hydrogen) atoms. The summed E-state index contributed by atoms with van der Waals surface area (Å²) in [5, 5.41) is 5.14. The number of hydrogen-bond acceptors (Lipinski definition) is 3. The third-order valence-electron chi connectivity index (χ3n) is 3.38. The van der Waals surface area contributed by atoms with Crippen molar-refractivity contribution in [2.45, 2.75) is 45.2 Å². The van der Waals surface area contributed by atoms with Crippen LogP contribution in [0.5, 0.6) is 0 Å². The maximum absolute atomic E-state index is 12.0. The Morgan fingerprint density at radius 3 is 2.36 bits per heavy atom. The molecule has 3 amide bonds. The van der Waals surface area contributed by atoms with E-state index in [0.29, 0.717) is 18.9 Å². The molecule has 0 aliphatic carbocycles. The summed E-state index contributed by atoms with van der Waals surface area (Å²) >= 11 is 0. The van der Waals surface area contributed by atoms with Crippen molar-refractivity contribution in [1.29, 1.82) is 0 Å². The van der Waals surface area contributed by atoms with Crippen LogP contribution >= 0.6 is 0 Å². The zero-order valence-corrected chi connectivity index (χ0v) is 13.0. The van der Waals surface area contributed by atoms with Crippen molar-refractivity contribution in [2.75, 3.05) is 0 Å². The van der Waals surface area contributed by atoms with Crippen LogP contribution in [0.3, 0.4) is 0 Å². The minimum Gasteiger partial charge on any atom is -0.370 e. The molecule has 0 fully saturated rings. The molecule has 4 N–H and O–H groups in total. The third-order valence-corrected chi connectivity index (χ3v) is 3.38. The Morgan fingerprint density at radius 1 is 1.23 bits per heavy atom. The highest BCUT2D eigenvalue weighted by molar-refractivity contribution is 5.84. The third kappa shape index (κ3) is 5.95. The standard InChI is InChI=1S/C16H23N3O3/c1-11(2)13-5-3-12(4-6-13)9-18-16(22)14(19-10-20)7-8-15(17)21/h3-6,10-11,14H,7-9H2,1-2H3,(H2,17,21)(H,18,22)(H,19,20). The second-order valence-electron chi connectivity index (χ2n) is 5.46. The van der Waals surface area contributed by atoms with Crippen LogP contribution in [0.1, 0.15) is 43.7 Å². The lowest BCUT2D eigenvalue weighted by Crippen LogP contribution is -2.43. The molecule has 1 unspecified atom stereocenters. The molecule has 120 valence electrons. The Bertz CT molecular complexity index is 512. The van der Waals surface area contributed by atoms with E-state index in [9.17, 15) is 14.4 Å². The molecule has 1 atom stereocenters. The van der Waals surface area contributed by atoms with Gasteiger partial charge in [-0.25, -0.2) is 0 Å². The normalized spacial score (nSPS) is 11.8. The first kappa shape index (κ1) is 17.7. The van der Waals surface area contributed by atoms with E-state index in [2.05, 4.69) is 24.5 Å². The van der Waals surface area contributed by atoms with Crippen LogP contribution in [0.4, 0.5) is 0 Å². The quantitative estimate of drug-likeness (QED) is 0.588. The van der Waals surface area contributed by atoms with Crippen LogP contribution < -0.4 is 16.4 Å². The molecule has 0 aliphatic heterocycles. The number of nitrogens with one attached hydrogen (secondary N) is 2. The SMILES string of the molecule is CC(C)c1ccc(CNC(=O)C(CCC(N)=O)NC=O)cc1. The Morgan fingerprint density at radius 2 is 1.86 bits per heavy atom. The predicted molar refractivity (Wildman–Crippen MR) is 83.8 cm³/mol. The van der Waals surface area contributed by atoms with Gasteiger partial charge in [0.2, 0.25) is 18.2 Å². The fraction of sp³-hybridized carbons (Fsp3) is 0.438. The Hall–Kier alpha value is -2.37. The maximum Gasteiger partial charge on any atom is 0.242 e. The van der Waals surface area contributed by atoms with Crippen LogP contribution in [-0.2, 0) is 20.9 Å². The largest absolute Gasteiger partial charge is 0.370 e. The number of benzene rings is 1. The molecule has 0 aromatic heterocycles. The second-order valence-corrected chi connectivity index (χ2v) is 5.46. The fourth-order valence-electron chi connectivity index (χ4n) is 1.99. The molecule has 6 heteroatoms. The summed E-state index contributed by atoms with van der Waals surface area (Å²) in [6, 6.07) is 7.23. The van der Waals surface area contributed by atoms with Gasteiger partial charge in [0.25, 0.3) is 0 Å². The van der Waals surface area contributed by atoms with Gasteiger partial charge in [0.15, 0.2) is 0 Å². The number of hydrogen-bond donors (Lipinski definition) is 3. The number of nitrogens with two attached hydrogens (primary N) is 1. The number of primary amides is 1. The van der Waals surface area contributed by atoms with Gasteiger partial charge in [-0.2, -0.15) is 0 Å². The molecule has 1 aromatic rings. The van der Waals surface area contributed by atoms with Crippen molar-refractivity contribution in [3.8, 4) is 0 Å². The number of carbonyl (C=O) groups excluding carboxylic acids is 3. The summed E-state index contributed by atoms with van der Waals surface area (Å²) in [6.45, 7) is 4.60. The smallest absolute Gasteiger partial charge is 0.242 e. The van der Waals surface area contributed by atoms with Crippen LogP contribution in [-0.4, -0.2) is 24.3 Å². The first-order chi connectivity index (χ1) is 10.4. The van der Waals surface area contributed by atoms with Gasteiger partial charge in [0, 0.05) is 13.0 Å². The summed E-state index contributed by atoms with van der Waals surface area (Å²) in [7, 11) is 0. The summed E-state index contributed by atoms with van der Waals surface area (Å²) in [5.74, 6) is -0.380. The molecule has 0 radical (unpaired) electrons. The van der Waals surface area contributed by atoms with Gasteiger partial charge >= 0.3 is 0 Å². The average Bonchev–Trinajstić information content (AvgIpc) is 2.49. The first-order valence-electron chi connectivity index (χ1n) is 7.28. The van der Waals surface area contributed by atoms with E-state index in [4.69, 9.17) is 5.73 Å². The van der Waals surface area contributed by atoms with Crippen LogP contribution in [0.25, 0.3) is 0 Å². The van der Waals surface area contributed by atoms with E-state index in [-0.39, 0.29) is 18.7 Å². The molecule has 6 nitrogen and oxygen atoms in total. The van der Waals surface area contributed by atoms with Gasteiger partial charge in [-0.05, 0) is 23.5 Å². The van der Waals surface area contributed by atoms with Crippen molar-refractivity contribution >= 4 is 18.2 Å². The highest BCUT2D eigenvalue weighted by Gasteiger charge is 2.17. The predicted octanol–water partition coefficient (Wildman–Crippen LogP) is 0.806. The summed E-state index contributed by atoms with van der Waals surface area (Å²) in [5.41, 5.74) is 7.26. The van der Waals surface area contributed by atoms with E-state index in [1.807, 2.05) is 24.3 Å². The average molecular weight is 305 g/mol. The van der Waals surface area contributed by atoms with Crippen LogP contribution in [0.2, 0.25) is 0 Å². The first-order valence-corrected chi connectivity index (χ1v) is 7.28. The monoisotopic (exact) mass is 305 g/mol.